The Morgan fingerprint density at radius 3 is 2.80 bits per heavy atom. The summed E-state index contributed by atoms with van der Waals surface area (Å²) in [5, 5.41) is 0. The van der Waals surface area contributed by atoms with Gasteiger partial charge in [-0.25, -0.2) is 0 Å². The number of hydrogen-bond acceptors (Lipinski definition) is 1. The van der Waals surface area contributed by atoms with Gasteiger partial charge in [-0.2, -0.15) is 0 Å². The molecule has 0 aliphatic heterocycles. The molecule has 0 unspecified atom stereocenters. The lowest BCUT2D eigenvalue weighted by Crippen LogP contribution is -1.84. The van der Waals surface area contributed by atoms with E-state index in [1.54, 1.807) is 0 Å². The number of nitrogens with zero attached hydrogens (tertiary/aromatic N) is 1. The normalized spacial score (nSPS) is 11.7. The molecule has 0 N–H and O–H groups in total. The Morgan fingerprint density at radius 1 is 1.27 bits per heavy atom. The molecule has 0 fully saturated rings. The van der Waals surface area contributed by atoms with Gasteiger partial charge < -0.3 is 0 Å². The molecule has 0 aliphatic carbocycles. The van der Waals surface area contributed by atoms with E-state index in [4.69, 9.17) is 0 Å². The lowest BCUT2D eigenvalue weighted by atomic mass is 10.1. The molecule has 0 radical (unpaired) electrons. The predicted molar refractivity (Wildman–Crippen MR) is 66.6 cm³/mol. The van der Waals surface area contributed by atoms with Crippen LogP contribution in [0.1, 0.15) is 51.6 Å². The van der Waals surface area contributed by atoms with Crippen molar-refractivity contribution in [3.63, 3.8) is 0 Å². The van der Waals surface area contributed by atoms with E-state index in [9.17, 15) is 0 Å². The highest BCUT2D eigenvalue weighted by atomic mass is 14.7. The summed E-state index contributed by atoms with van der Waals surface area (Å²) in [7, 11) is 0. The van der Waals surface area contributed by atoms with Crippen LogP contribution in [-0.2, 0) is 0 Å². The van der Waals surface area contributed by atoms with Gasteiger partial charge in [0.15, 0.2) is 0 Å². The molecule has 0 spiro atoms. The van der Waals surface area contributed by atoms with Crippen molar-refractivity contribution in [3.05, 3.63) is 36.2 Å². The van der Waals surface area contributed by atoms with Crippen molar-refractivity contribution in [3.8, 4) is 0 Å². The van der Waals surface area contributed by atoms with E-state index < -0.39 is 0 Å². The van der Waals surface area contributed by atoms with E-state index in [-0.39, 0.29) is 0 Å². The molecule has 0 amide bonds. The van der Waals surface area contributed by atoms with E-state index in [0.29, 0.717) is 0 Å². The fraction of sp³-hybridized carbons (Fsp3) is 0.500. The average molecular weight is 203 g/mol. The van der Waals surface area contributed by atoms with Crippen LogP contribution < -0.4 is 0 Å². The van der Waals surface area contributed by atoms with Crippen molar-refractivity contribution in [2.45, 2.75) is 46.0 Å². The first kappa shape index (κ1) is 12.0. The van der Waals surface area contributed by atoms with Crippen molar-refractivity contribution in [1.82, 2.24) is 4.98 Å². The fourth-order valence-electron chi connectivity index (χ4n) is 1.59. The van der Waals surface area contributed by atoms with E-state index in [1.807, 2.05) is 18.3 Å². The van der Waals surface area contributed by atoms with Gasteiger partial charge in [0.1, 0.15) is 0 Å². The minimum Gasteiger partial charge on any atom is -0.257 e. The second kappa shape index (κ2) is 7.22. The van der Waals surface area contributed by atoms with Crippen molar-refractivity contribution >= 4 is 5.57 Å². The summed E-state index contributed by atoms with van der Waals surface area (Å²) in [4.78, 5) is 4.33. The first-order valence-electron chi connectivity index (χ1n) is 5.92. The number of rotatable bonds is 6. The smallest absolute Gasteiger partial charge is 0.0655 e. The van der Waals surface area contributed by atoms with E-state index in [0.717, 1.165) is 5.69 Å². The van der Waals surface area contributed by atoms with Gasteiger partial charge in [0.2, 0.25) is 0 Å². The molecule has 0 atom stereocenters. The first-order chi connectivity index (χ1) is 7.34. The van der Waals surface area contributed by atoms with Gasteiger partial charge in [-0.15, -0.1) is 0 Å². The van der Waals surface area contributed by atoms with Crippen LogP contribution >= 0.6 is 0 Å². The number of hydrogen-bond donors (Lipinski definition) is 0. The van der Waals surface area contributed by atoms with Crippen molar-refractivity contribution < 1.29 is 0 Å². The zero-order chi connectivity index (χ0) is 10.9. The molecule has 1 rings (SSSR count). The van der Waals surface area contributed by atoms with Crippen molar-refractivity contribution in [2.75, 3.05) is 0 Å². The van der Waals surface area contributed by atoms with E-state index >= 15 is 0 Å². The van der Waals surface area contributed by atoms with Gasteiger partial charge >= 0.3 is 0 Å². The Balaban J connectivity index is 2.33. The highest BCUT2D eigenvalue weighted by Gasteiger charge is 1.94. The minimum absolute atomic E-state index is 1.10. The molecule has 1 aromatic rings. The quantitative estimate of drug-likeness (QED) is 0.622. The van der Waals surface area contributed by atoms with Gasteiger partial charge in [-0.3, -0.25) is 4.98 Å². The summed E-state index contributed by atoms with van der Waals surface area (Å²) in [5.41, 5.74) is 2.40. The summed E-state index contributed by atoms with van der Waals surface area (Å²) < 4.78 is 0. The molecule has 1 heteroatoms. The molecular formula is C14H21N. The Bertz CT molecular complexity index is 287. The molecule has 1 nitrogen and oxygen atoms in total. The van der Waals surface area contributed by atoms with Crippen molar-refractivity contribution in [2.24, 2.45) is 0 Å². The standard InChI is InChI=1S/C14H21N/c1-3-4-5-6-7-10-13(2)14-11-8-9-12-15-14/h8-12H,3-7H2,1-2H3. The van der Waals surface area contributed by atoms with Gasteiger partial charge in [-0.1, -0.05) is 38.3 Å². The molecule has 0 bridgehead atoms. The first-order valence-corrected chi connectivity index (χ1v) is 5.92. The van der Waals surface area contributed by atoms with Crippen molar-refractivity contribution in [1.29, 1.82) is 0 Å². The Labute approximate surface area is 93.2 Å². The minimum atomic E-state index is 1.10. The van der Waals surface area contributed by atoms with Crippen LogP contribution in [0.3, 0.4) is 0 Å². The summed E-state index contributed by atoms with van der Waals surface area (Å²) >= 11 is 0. The predicted octanol–water partition coefficient (Wildman–Crippen LogP) is 4.46. The summed E-state index contributed by atoms with van der Waals surface area (Å²) in [5.74, 6) is 0. The second-order valence-corrected chi connectivity index (χ2v) is 3.95. The van der Waals surface area contributed by atoms with Crippen LogP contribution in [0.4, 0.5) is 0 Å². The molecule has 0 aliphatic rings. The summed E-state index contributed by atoms with van der Waals surface area (Å²) in [6, 6.07) is 6.06. The van der Waals surface area contributed by atoms with Gasteiger partial charge in [0, 0.05) is 6.20 Å². The molecule has 0 saturated heterocycles. The molecule has 82 valence electrons. The Morgan fingerprint density at radius 2 is 2.13 bits per heavy atom. The molecule has 1 aromatic heterocycles. The Hall–Kier alpha value is -1.11. The molecular weight excluding hydrogens is 182 g/mol. The molecule has 1 heterocycles. The maximum Gasteiger partial charge on any atom is 0.0655 e. The van der Waals surface area contributed by atoms with E-state index in [1.165, 1.54) is 37.7 Å². The fourth-order valence-corrected chi connectivity index (χ4v) is 1.59. The highest BCUT2D eigenvalue weighted by molar-refractivity contribution is 5.59. The topological polar surface area (TPSA) is 12.9 Å². The Kier molecular flexibility index (Phi) is 5.76. The largest absolute Gasteiger partial charge is 0.257 e. The monoisotopic (exact) mass is 203 g/mol. The zero-order valence-corrected chi connectivity index (χ0v) is 9.87. The third kappa shape index (κ3) is 4.78. The van der Waals surface area contributed by atoms with E-state index in [2.05, 4.69) is 31.0 Å². The lowest BCUT2D eigenvalue weighted by Gasteiger charge is -2.00. The molecule has 0 aromatic carbocycles. The zero-order valence-electron chi connectivity index (χ0n) is 9.87. The summed E-state index contributed by atoms with van der Waals surface area (Å²) in [6.07, 6.45) is 10.7. The van der Waals surface area contributed by atoms with Crippen LogP contribution in [0, 0.1) is 0 Å². The average Bonchev–Trinajstić information content (AvgIpc) is 2.30. The SMILES string of the molecule is CCCCCCC=C(C)c1ccccn1. The van der Waals surface area contributed by atoms with Gasteiger partial charge in [0.05, 0.1) is 5.69 Å². The number of unbranched alkanes of at least 4 members (excludes halogenated alkanes) is 4. The third-order valence-corrected chi connectivity index (χ3v) is 2.58. The maximum absolute atomic E-state index is 4.33. The number of aromatic nitrogens is 1. The molecule has 15 heavy (non-hydrogen) atoms. The number of pyridine rings is 1. The van der Waals surface area contributed by atoms with Gasteiger partial charge in [0.25, 0.3) is 0 Å². The van der Waals surface area contributed by atoms with Crippen LogP contribution in [0.2, 0.25) is 0 Å². The van der Waals surface area contributed by atoms with Crippen LogP contribution in [0.15, 0.2) is 30.5 Å². The molecule has 0 saturated carbocycles. The number of allylic oxidation sites excluding steroid dienone is 2. The van der Waals surface area contributed by atoms with Crippen LogP contribution in [0.5, 0.6) is 0 Å². The second-order valence-electron chi connectivity index (χ2n) is 3.95. The van der Waals surface area contributed by atoms with Crippen LogP contribution in [-0.4, -0.2) is 4.98 Å². The highest BCUT2D eigenvalue weighted by Crippen LogP contribution is 2.12. The maximum atomic E-state index is 4.33. The summed E-state index contributed by atoms with van der Waals surface area (Å²) in [6.45, 7) is 4.39. The van der Waals surface area contributed by atoms with Crippen LogP contribution in [0.25, 0.3) is 5.57 Å². The third-order valence-electron chi connectivity index (χ3n) is 2.58. The lowest BCUT2D eigenvalue weighted by molar-refractivity contribution is 0.674. The van der Waals surface area contributed by atoms with Gasteiger partial charge in [-0.05, 0) is 37.5 Å².